The van der Waals surface area contributed by atoms with E-state index in [-0.39, 0.29) is 5.43 Å². The number of anilines is 1. The molecule has 2 heterocycles. The molecule has 0 unspecified atom stereocenters. The van der Waals surface area contributed by atoms with Gasteiger partial charge in [0.2, 0.25) is 0 Å². The van der Waals surface area contributed by atoms with Gasteiger partial charge in [-0.25, -0.2) is 0 Å². The van der Waals surface area contributed by atoms with Crippen LogP contribution in [-0.4, -0.2) is 44.2 Å². The van der Waals surface area contributed by atoms with Crippen molar-refractivity contribution < 1.29 is 9.15 Å². The summed E-state index contributed by atoms with van der Waals surface area (Å²) in [5, 5.41) is 3.92. The monoisotopic (exact) mass is 393 g/mol. The Labute approximate surface area is 170 Å². The van der Waals surface area contributed by atoms with Crippen LogP contribution in [0.1, 0.15) is 12.8 Å². The standard InChI is InChI=1S/C23H27N3O3/c24-18-5-3-17(4-6-18)21-16-29-22-15-19(7-8-20(22)23(21)27)28-14-2-1-11-26-12-9-25-10-13-26/h3-8,15-16,25H,1-2,9-14,24H2. The first-order chi connectivity index (χ1) is 14.2. The lowest BCUT2D eigenvalue weighted by Gasteiger charge is -2.26. The predicted molar refractivity (Wildman–Crippen MR) is 116 cm³/mol. The van der Waals surface area contributed by atoms with Gasteiger partial charge in [-0.05, 0) is 49.2 Å². The van der Waals surface area contributed by atoms with E-state index in [9.17, 15) is 4.79 Å². The number of nitrogens with one attached hydrogen (secondary N) is 1. The summed E-state index contributed by atoms with van der Waals surface area (Å²) in [4.78, 5) is 15.3. The lowest BCUT2D eigenvalue weighted by Crippen LogP contribution is -2.43. The third-order valence-electron chi connectivity index (χ3n) is 5.31. The van der Waals surface area contributed by atoms with Crippen molar-refractivity contribution in [3.8, 4) is 16.9 Å². The third kappa shape index (κ3) is 4.78. The molecule has 3 aromatic rings. The summed E-state index contributed by atoms with van der Waals surface area (Å²) in [6.07, 6.45) is 3.63. The van der Waals surface area contributed by atoms with Gasteiger partial charge in [-0.3, -0.25) is 4.79 Å². The molecule has 152 valence electrons. The van der Waals surface area contributed by atoms with E-state index >= 15 is 0 Å². The molecule has 0 radical (unpaired) electrons. The molecular formula is C23H27N3O3. The molecule has 1 aliphatic rings. The molecule has 3 N–H and O–H groups in total. The van der Waals surface area contributed by atoms with Crippen molar-refractivity contribution in [3.63, 3.8) is 0 Å². The van der Waals surface area contributed by atoms with Crippen molar-refractivity contribution in [2.24, 2.45) is 0 Å². The van der Waals surface area contributed by atoms with Crippen LogP contribution in [0.5, 0.6) is 5.75 Å². The molecule has 0 bridgehead atoms. The fourth-order valence-electron chi connectivity index (χ4n) is 3.62. The summed E-state index contributed by atoms with van der Waals surface area (Å²) in [5.74, 6) is 0.725. The SMILES string of the molecule is Nc1ccc(-c2coc3cc(OCCCCN4CCNCC4)ccc3c2=O)cc1. The minimum atomic E-state index is -0.0569. The average molecular weight is 393 g/mol. The number of ether oxygens (including phenoxy) is 1. The van der Waals surface area contributed by atoms with Crippen LogP contribution < -0.4 is 21.2 Å². The highest BCUT2D eigenvalue weighted by molar-refractivity contribution is 5.82. The number of nitrogens with two attached hydrogens (primary N) is 1. The van der Waals surface area contributed by atoms with Crippen LogP contribution in [0.25, 0.3) is 22.1 Å². The van der Waals surface area contributed by atoms with E-state index in [4.69, 9.17) is 14.9 Å². The van der Waals surface area contributed by atoms with Gasteiger partial charge in [0.25, 0.3) is 0 Å². The Hall–Kier alpha value is -2.83. The Bertz CT molecular complexity index is 1010. The minimum Gasteiger partial charge on any atom is -0.493 e. The highest BCUT2D eigenvalue weighted by atomic mass is 16.5. The van der Waals surface area contributed by atoms with Gasteiger partial charge in [-0.15, -0.1) is 0 Å². The van der Waals surface area contributed by atoms with Crippen molar-refractivity contribution >= 4 is 16.7 Å². The lowest BCUT2D eigenvalue weighted by molar-refractivity contribution is 0.226. The van der Waals surface area contributed by atoms with Gasteiger partial charge < -0.3 is 25.1 Å². The number of rotatable bonds is 7. The van der Waals surface area contributed by atoms with Crippen molar-refractivity contribution in [1.29, 1.82) is 0 Å². The van der Waals surface area contributed by atoms with E-state index in [1.54, 1.807) is 24.3 Å². The van der Waals surface area contributed by atoms with E-state index in [1.165, 1.54) is 6.26 Å². The van der Waals surface area contributed by atoms with E-state index in [0.29, 0.717) is 28.8 Å². The van der Waals surface area contributed by atoms with Gasteiger partial charge in [-0.2, -0.15) is 0 Å². The summed E-state index contributed by atoms with van der Waals surface area (Å²) in [6, 6.07) is 12.6. The molecular weight excluding hydrogens is 366 g/mol. The Balaban J connectivity index is 1.37. The molecule has 1 saturated heterocycles. The second-order valence-corrected chi connectivity index (χ2v) is 7.41. The molecule has 1 aromatic heterocycles. The van der Waals surface area contributed by atoms with Crippen molar-refractivity contribution in [2.45, 2.75) is 12.8 Å². The van der Waals surface area contributed by atoms with Crippen LogP contribution >= 0.6 is 0 Å². The zero-order valence-electron chi connectivity index (χ0n) is 16.5. The summed E-state index contributed by atoms with van der Waals surface area (Å²) in [6.45, 7) is 6.19. The van der Waals surface area contributed by atoms with E-state index < -0.39 is 0 Å². The zero-order valence-corrected chi connectivity index (χ0v) is 16.5. The second-order valence-electron chi connectivity index (χ2n) is 7.41. The topological polar surface area (TPSA) is 80.7 Å². The van der Waals surface area contributed by atoms with Crippen LogP contribution in [0.4, 0.5) is 5.69 Å². The summed E-state index contributed by atoms with van der Waals surface area (Å²) in [5.41, 5.74) is 8.18. The maximum absolute atomic E-state index is 12.8. The fourth-order valence-corrected chi connectivity index (χ4v) is 3.62. The highest BCUT2D eigenvalue weighted by Crippen LogP contribution is 2.23. The molecule has 2 aromatic carbocycles. The molecule has 0 aliphatic carbocycles. The van der Waals surface area contributed by atoms with Gasteiger partial charge in [-0.1, -0.05) is 12.1 Å². The minimum absolute atomic E-state index is 0.0569. The largest absolute Gasteiger partial charge is 0.493 e. The third-order valence-corrected chi connectivity index (χ3v) is 5.31. The molecule has 1 aliphatic heterocycles. The smallest absolute Gasteiger partial charge is 0.200 e. The average Bonchev–Trinajstić information content (AvgIpc) is 2.75. The van der Waals surface area contributed by atoms with Crippen LogP contribution in [0.2, 0.25) is 0 Å². The Kier molecular flexibility index (Phi) is 6.12. The summed E-state index contributed by atoms with van der Waals surface area (Å²) < 4.78 is 11.6. The maximum Gasteiger partial charge on any atom is 0.200 e. The Morgan fingerprint density at radius 2 is 1.86 bits per heavy atom. The number of fused-ring (bicyclic) bond motifs is 1. The molecule has 6 nitrogen and oxygen atoms in total. The number of benzene rings is 2. The number of unbranched alkanes of at least 4 members (excludes halogenated alkanes) is 1. The van der Waals surface area contributed by atoms with E-state index in [2.05, 4.69) is 10.2 Å². The predicted octanol–water partition coefficient (Wildman–Crippen LogP) is 3.11. The van der Waals surface area contributed by atoms with Gasteiger partial charge in [0, 0.05) is 37.9 Å². The first-order valence-corrected chi connectivity index (χ1v) is 10.2. The number of nitrogen functional groups attached to an aromatic ring is 1. The number of hydrogen-bond acceptors (Lipinski definition) is 6. The molecule has 0 spiro atoms. The van der Waals surface area contributed by atoms with Gasteiger partial charge >= 0.3 is 0 Å². The molecule has 0 amide bonds. The van der Waals surface area contributed by atoms with Crippen LogP contribution in [0, 0.1) is 0 Å². The quantitative estimate of drug-likeness (QED) is 0.474. The Morgan fingerprint density at radius 3 is 2.66 bits per heavy atom. The first kappa shape index (κ1) is 19.5. The summed E-state index contributed by atoms with van der Waals surface area (Å²) >= 11 is 0. The van der Waals surface area contributed by atoms with Crippen LogP contribution in [0.3, 0.4) is 0 Å². The van der Waals surface area contributed by atoms with Gasteiger partial charge in [0.05, 0.1) is 17.6 Å². The van der Waals surface area contributed by atoms with Gasteiger partial charge in [0.15, 0.2) is 5.43 Å². The molecule has 0 atom stereocenters. The Morgan fingerprint density at radius 1 is 1.07 bits per heavy atom. The molecule has 6 heteroatoms. The van der Waals surface area contributed by atoms with Crippen LogP contribution in [-0.2, 0) is 0 Å². The van der Waals surface area contributed by atoms with Crippen molar-refractivity contribution in [1.82, 2.24) is 10.2 Å². The first-order valence-electron chi connectivity index (χ1n) is 10.2. The fraction of sp³-hybridized carbons (Fsp3) is 0.348. The number of hydrogen-bond donors (Lipinski definition) is 2. The lowest BCUT2D eigenvalue weighted by atomic mass is 10.1. The van der Waals surface area contributed by atoms with Gasteiger partial charge in [0.1, 0.15) is 17.6 Å². The molecule has 1 fully saturated rings. The summed E-state index contributed by atoms with van der Waals surface area (Å²) in [7, 11) is 0. The molecule has 4 rings (SSSR count). The van der Waals surface area contributed by atoms with Crippen LogP contribution in [0.15, 0.2) is 57.9 Å². The van der Waals surface area contributed by atoms with E-state index in [0.717, 1.165) is 56.9 Å². The molecule has 0 saturated carbocycles. The second kappa shape index (κ2) is 9.11. The van der Waals surface area contributed by atoms with E-state index in [1.807, 2.05) is 18.2 Å². The van der Waals surface area contributed by atoms with Crippen molar-refractivity contribution in [3.05, 3.63) is 59.0 Å². The molecule has 29 heavy (non-hydrogen) atoms. The maximum atomic E-state index is 12.8. The zero-order chi connectivity index (χ0) is 20.1. The number of piperazine rings is 1. The highest BCUT2D eigenvalue weighted by Gasteiger charge is 2.11. The normalized spacial score (nSPS) is 14.9. The number of nitrogens with zero attached hydrogens (tertiary/aromatic N) is 1. The van der Waals surface area contributed by atoms with Crippen molar-refractivity contribution in [2.75, 3.05) is 45.1 Å².